The average Bonchev–Trinajstić information content (AvgIpc) is 3.30. The van der Waals surface area contributed by atoms with E-state index in [0.717, 1.165) is 36.1 Å². The van der Waals surface area contributed by atoms with Gasteiger partial charge in [0, 0.05) is 57.8 Å². The number of hydrogen-bond donors (Lipinski definition) is 0. The summed E-state index contributed by atoms with van der Waals surface area (Å²) in [5, 5.41) is 1.15. The molecule has 3 atom stereocenters. The Morgan fingerprint density at radius 3 is 2.77 bits per heavy atom. The largest absolute Gasteiger partial charge is 0.331 e. The number of nitrogens with zero attached hydrogens (tertiary/aromatic N) is 4. The van der Waals surface area contributed by atoms with Crippen molar-refractivity contribution in [3.63, 3.8) is 0 Å². The normalized spacial score (nSPS) is 23.3. The van der Waals surface area contributed by atoms with E-state index in [2.05, 4.69) is 34.1 Å². The third kappa shape index (κ3) is 3.76. The number of amides is 2. The molecular formula is C25H27FN4O. The number of aromatic nitrogens is 1. The number of hydrogen-bond acceptors (Lipinski definition) is 3. The maximum Gasteiger partial charge on any atom is 0.320 e. The maximum absolute atomic E-state index is 14.0. The van der Waals surface area contributed by atoms with Crippen LogP contribution in [0.3, 0.4) is 0 Å². The predicted molar refractivity (Wildman–Crippen MR) is 119 cm³/mol. The van der Waals surface area contributed by atoms with Crippen LogP contribution in [0, 0.1) is 17.7 Å². The third-order valence-corrected chi connectivity index (χ3v) is 6.63. The lowest BCUT2D eigenvalue weighted by molar-refractivity contribution is 0.151. The number of fused-ring (bicyclic) bond motifs is 2. The summed E-state index contributed by atoms with van der Waals surface area (Å²) in [4.78, 5) is 23.4. The van der Waals surface area contributed by atoms with Gasteiger partial charge in [-0.1, -0.05) is 30.3 Å². The smallest absolute Gasteiger partial charge is 0.320 e. The molecule has 2 amide bonds. The summed E-state index contributed by atoms with van der Waals surface area (Å²) in [6, 6.07) is 17.1. The van der Waals surface area contributed by atoms with Gasteiger partial charge in [-0.25, -0.2) is 9.18 Å². The van der Waals surface area contributed by atoms with Gasteiger partial charge in [-0.2, -0.15) is 0 Å². The summed E-state index contributed by atoms with van der Waals surface area (Å²) in [6.07, 6.45) is 1.83. The average molecular weight is 419 g/mol. The van der Waals surface area contributed by atoms with Crippen molar-refractivity contribution in [3.05, 3.63) is 77.7 Å². The number of urea groups is 1. The van der Waals surface area contributed by atoms with Crippen LogP contribution in [0.25, 0.3) is 10.9 Å². The molecule has 0 aliphatic carbocycles. The number of carbonyl (C=O) groups is 1. The van der Waals surface area contributed by atoms with Gasteiger partial charge in [-0.3, -0.25) is 9.88 Å². The molecule has 0 saturated carbocycles. The van der Waals surface area contributed by atoms with E-state index in [1.54, 1.807) is 31.1 Å². The highest BCUT2D eigenvalue weighted by Gasteiger charge is 2.49. The summed E-state index contributed by atoms with van der Waals surface area (Å²) in [7, 11) is 3.55. The highest BCUT2D eigenvalue weighted by atomic mass is 19.1. The molecule has 0 bridgehead atoms. The number of pyridine rings is 1. The Balaban J connectivity index is 1.38. The minimum atomic E-state index is -0.253. The maximum atomic E-state index is 14.0. The second kappa shape index (κ2) is 7.93. The topological polar surface area (TPSA) is 39.7 Å². The van der Waals surface area contributed by atoms with Gasteiger partial charge in [0.05, 0.1) is 11.6 Å². The summed E-state index contributed by atoms with van der Waals surface area (Å²) in [5.41, 5.74) is 3.15. The molecule has 3 aromatic rings. The monoisotopic (exact) mass is 418 g/mol. The Kier molecular flexibility index (Phi) is 5.10. The Hall–Kier alpha value is -2.99. The second-order valence-electron chi connectivity index (χ2n) is 8.98. The van der Waals surface area contributed by atoms with Crippen LogP contribution in [0.5, 0.6) is 0 Å². The quantitative estimate of drug-likeness (QED) is 0.641. The summed E-state index contributed by atoms with van der Waals surface area (Å²) < 4.78 is 14.0. The number of carbonyl (C=O) groups excluding carboxylic acids is 1. The van der Waals surface area contributed by atoms with Gasteiger partial charge >= 0.3 is 6.03 Å². The van der Waals surface area contributed by atoms with Gasteiger partial charge in [0.25, 0.3) is 0 Å². The first kappa shape index (κ1) is 19.9. The zero-order valence-corrected chi connectivity index (χ0v) is 17.9. The van der Waals surface area contributed by atoms with Gasteiger partial charge in [-0.15, -0.1) is 0 Å². The molecule has 2 saturated heterocycles. The fraction of sp³-hybridized carbons (Fsp3) is 0.360. The van der Waals surface area contributed by atoms with E-state index in [1.807, 2.05) is 23.2 Å². The van der Waals surface area contributed by atoms with Crippen molar-refractivity contribution in [2.24, 2.45) is 11.8 Å². The lowest BCUT2D eigenvalue weighted by atomic mass is 9.89. The van der Waals surface area contributed by atoms with Crippen molar-refractivity contribution in [1.82, 2.24) is 19.7 Å². The van der Waals surface area contributed by atoms with E-state index in [9.17, 15) is 9.18 Å². The Labute approximate surface area is 182 Å². The van der Waals surface area contributed by atoms with Crippen molar-refractivity contribution in [3.8, 4) is 0 Å². The molecule has 2 fully saturated rings. The van der Waals surface area contributed by atoms with Crippen LogP contribution in [-0.2, 0) is 6.54 Å². The van der Waals surface area contributed by atoms with E-state index >= 15 is 0 Å². The zero-order chi connectivity index (χ0) is 21.5. The van der Waals surface area contributed by atoms with Gasteiger partial charge < -0.3 is 9.80 Å². The fourth-order valence-corrected chi connectivity index (χ4v) is 5.31. The van der Waals surface area contributed by atoms with Crippen LogP contribution in [0.2, 0.25) is 0 Å². The zero-order valence-electron chi connectivity index (χ0n) is 17.9. The van der Waals surface area contributed by atoms with E-state index in [4.69, 9.17) is 0 Å². The molecule has 0 radical (unpaired) electrons. The Morgan fingerprint density at radius 2 is 1.97 bits per heavy atom. The lowest BCUT2D eigenvalue weighted by Gasteiger charge is -2.32. The number of likely N-dealkylation sites (tertiary alicyclic amines) is 2. The molecule has 2 aliphatic rings. The van der Waals surface area contributed by atoms with Crippen LogP contribution < -0.4 is 0 Å². The summed E-state index contributed by atoms with van der Waals surface area (Å²) in [5.74, 6) is 0.428. The molecule has 0 spiro atoms. The number of benzene rings is 2. The van der Waals surface area contributed by atoms with Gasteiger partial charge in [0.1, 0.15) is 5.82 Å². The van der Waals surface area contributed by atoms with Crippen molar-refractivity contribution < 1.29 is 9.18 Å². The summed E-state index contributed by atoms with van der Waals surface area (Å²) in [6.45, 7) is 3.40. The second-order valence-corrected chi connectivity index (χ2v) is 8.98. The first-order valence-corrected chi connectivity index (χ1v) is 10.8. The van der Waals surface area contributed by atoms with Crippen molar-refractivity contribution in [2.45, 2.75) is 12.6 Å². The van der Waals surface area contributed by atoms with Gasteiger partial charge in [0.2, 0.25) is 0 Å². The molecular weight excluding hydrogens is 391 g/mol. The minimum Gasteiger partial charge on any atom is -0.331 e. The van der Waals surface area contributed by atoms with Crippen LogP contribution in [0.4, 0.5) is 9.18 Å². The fourth-order valence-electron chi connectivity index (χ4n) is 5.31. The third-order valence-electron chi connectivity index (χ3n) is 6.63. The first-order chi connectivity index (χ1) is 15.0. The molecule has 0 unspecified atom stereocenters. The van der Waals surface area contributed by atoms with Crippen LogP contribution in [0.15, 0.2) is 60.8 Å². The molecule has 160 valence electrons. The standard InChI is InChI=1S/C25H27FN4O/c1-28(2)25(31)30-15-20-14-29(13-17-8-9-18-6-4-10-27-23(18)11-17)16-22(20)24(30)19-5-3-7-21(26)12-19/h3-12,20,22,24H,13-16H2,1-2H3/t20-,22-,24-/m1/s1. The number of rotatable bonds is 3. The van der Waals surface area contributed by atoms with E-state index in [1.165, 1.54) is 11.6 Å². The van der Waals surface area contributed by atoms with E-state index in [0.29, 0.717) is 18.4 Å². The molecule has 5 nitrogen and oxygen atoms in total. The number of halogens is 1. The first-order valence-electron chi connectivity index (χ1n) is 10.8. The van der Waals surface area contributed by atoms with Gasteiger partial charge in [-0.05, 0) is 41.3 Å². The highest BCUT2D eigenvalue weighted by molar-refractivity contribution is 5.78. The SMILES string of the molecule is CN(C)C(=O)N1C[C@H]2CN(Cc3ccc4cccnc4c3)C[C@H]2[C@H]1c1cccc(F)c1. The Bertz CT molecular complexity index is 1120. The molecule has 6 heteroatoms. The predicted octanol–water partition coefficient (Wildman–Crippen LogP) is 4.16. The lowest BCUT2D eigenvalue weighted by Crippen LogP contribution is -2.41. The van der Waals surface area contributed by atoms with Crippen molar-refractivity contribution in [1.29, 1.82) is 0 Å². The van der Waals surface area contributed by atoms with Gasteiger partial charge in [0.15, 0.2) is 0 Å². The molecule has 31 heavy (non-hydrogen) atoms. The highest BCUT2D eigenvalue weighted by Crippen LogP contribution is 2.45. The molecule has 3 heterocycles. The van der Waals surface area contributed by atoms with Crippen LogP contribution in [-0.4, -0.2) is 59.4 Å². The molecule has 2 aromatic carbocycles. The Morgan fingerprint density at radius 1 is 1.10 bits per heavy atom. The summed E-state index contributed by atoms with van der Waals surface area (Å²) >= 11 is 0. The molecule has 0 N–H and O–H groups in total. The van der Waals surface area contributed by atoms with Crippen LogP contribution >= 0.6 is 0 Å². The molecule has 2 aliphatic heterocycles. The van der Waals surface area contributed by atoms with Crippen molar-refractivity contribution >= 4 is 16.9 Å². The minimum absolute atomic E-state index is 0.00388. The molecule has 5 rings (SSSR count). The van der Waals surface area contributed by atoms with Crippen LogP contribution in [0.1, 0.15) is 17.2 Å². The van der Waals surface area contributed by atoms with Crippen molar-refractivity contribution in [2.75, 3.05) is 33.7 Å². The van der Waals surface area contributed by atoms with E-state index in [-0.39, 0.29) is 17.9 Å². The van der Waals surface area contributed by atoms with E-state index < -0.39 is 0 Å². The molecule has 1 aromatic heterocycles.